The molecule has 1 aliphatic carbocycles. The zero-order valence-electron chi connectivity index (χ0n) is 11.1. The van der Waals surface area contributed by atoms with Crippen LogP contribution in [-0.2, 0) is 0 Å². The molecule has 1 saturated carbocycles. The molecule has 2 fully saturated rings. The highest BCUT2D eigenvalue weighted by atomic mass is 19.3. The number of hydrogen-bond acceptors (Lipinski definition) is 2. The molecule has 3 atom stereocenters. The summed E-state index contributed by atoms with van der Waals surface area (Å²) in [6.45, 7) is 1.36. The summed E-state index contributed by atoms with van der Waals surface area (Å²) in [5.74, 6) is 0.693. The molecule has 1 amide bonds. The maximum atomic E-state index is 12.7. The van der Waals surface area contributed by atoms with Crippen molar-refractivity contribution in [2.24, 2.45) is 17.6 Å². The summed E-state index contributed by atoms with van der Waals surface area (Å²) in [5.41, 5.74) is 6.29. The normalized spacial score (nSPS) is 29.0. The van der Waals surface area contributed by atoms with Crippen LogP contribution in [0.1, 0.15) is 35.2 Å². The van der Waals surface area contributed by atoms with Gasteiger partial charge in [-0.05, 0) is 36.8 Å². The van der Waals surface area contributed by atoms with Gasteiger partial charge < -0.3 is 10.6 Å². The van der Waals surface area contributed by atoms with Crippen LogP contribution in [0, 0.1) is 11.8 Å². The Hall–Kier alpha value is -1.49. The Labute approximate surface area is 116 Å². The second-order valence-electron chi connectivity index (χ2n) is 5.80. The van der Waals surface area contributed by atoms with Crippen molar-refractivity contribution < 1.29 is 13.6 Å². The van der Waals surface area contributed by atoms with Crippen molar-refractivity contribution in [3.05, 3.63) is 35.4 Å². The first-order valence-electron chi connectivity index (χ1n) is 6.99. The van der Waals surface area contributed by atoms with Crippen LogP contribution in [0.25, 0.3) is 0 Å². The SMILES string of the molecule is NC1CCC2CN(C(=O)c3cccc(C(F)F)c3)CC12. The predicted molar refractivity (Wildman–Crippen MR) is 71.5 cm³/mol. The highest BCUT2D eigenvalue weighted by Gasteiger charge is 2.42. The highest BCUT2D eigenvalue weighted by molar-refractivity contribution is 5.94. The standard InChI is InChI=1S/C15H18F2N2O/c16-14(17)9-2-1-3-10(6-9)15(20)19-7-11-4-5-13(18)12(11)8-19/h1-3,6,11-14H,4-5,7-8,18H2. The minimum atomic E-state index is -2.55. The Balaban J connectivity index is 1.75. The van der Waals surface area contributed by atoms with Gasteiger partial charge in [0.2, 0.25) is 0 Å². The van der Waals surface area contributed by atoms with E-state index in [1.165, 1.54) is 18.2 Å². The summed E-state index contributed by atoms with van der Waals surface area (Å²) in [6.07, 6.45) is -0.459. The summed E-state index contributed by atoms with van der Waals surface area (Å²) in [4.78, 5) is 14.2. The number of likely N-dealkylation sites (tertiary alicyclic amines) is 1. The van der Waals surface area contributed by atoms with E-state index >= 15 is 0 Å². The van der Waals surface area contributed by atoms with Crippen LogP contribution in [-0.4, -0.2) is 29.9 Å². The van der Waals surface area contributed by atoms with Gasteiger partial charge in [-0.25, -0.2) is 8.78 Å². The molecule has 1 aliphatic heterocycles. The van der Waals surface area contributed by atoms with Gasteiger partial charge in [0, 0.05) is 30.3 Å². The smallest absolute Gasteiger partial charge is 0.263 e. The third-order valence-electron chi connectivity index (χ3n) is 4.59. The Bertz CT molecular complexity index is 520. The Morgan fingerprint density at radius 1 is 1.30 bits per heavy atom. The van der Waals surface area contributed by atoms with Gasteiger partial charge in [0.1, 0.15) is 0 Å². The second kappa shape index (κ2) is 5.13. The zero-order valence-corrected chi connectivity index (χ0v) is 11.1. The average Bonchev–Trinajstić information content (AvgIpc) is 3.01. The number of halogens is 2. The minimum absolute atomic E-state index is 0.105. The molecule has 1 aromatic carbocycles. The molecule has 5 heteroatoms. The molecular formula is C15H18F2N2O. The van der Waals surface area contributed by atoms with Crippen LogP contribution in [0.2, 0.25) is 0 Å². The lowest BCUT2D eigenvalue weighted by molar-refractivity contribution is 0.0779. The van der Waals surface area contributed by atoms with Gasteiger partial charge >= 0.3 is 0 Å². The number of nitrogens with zero attached hydrogens (tertiary/aromatic N) is 1. The number of amides is 1. The predicted octanol–water partition coefficient (Wildman–Crippen LogP) is 2.43. The Morgan fingerprint density at radius 3 is 2.80 bits per heavy atom. The summed E-state index contributed by atoms with van der Waals surface area (Å²) in [5, 5.41) is 0. The second-order valence-corrected chi connectivity index (χ2v) is 5.80. The number of fused-ring (bicyclic) bond motifs is 1. The number of nitrogens with two attached hydrogens (primary N) is 1. The quantitative estimate of drug-likeness (QED) is 0.904. The molecule has 0 aromatic heterocycles. The molecule has 0 radical (unpaired) electrons. The van der Waals surface area contributed by atoms with Crippen molar-refractivity contribution >= 4 is 5.91 Å². The fourth-order valence-corrected chi connectivity index (χ4v) is 3.46. The minimum Gasteiger partial charge on any atom is -0.338 e. The largest absolute Gasteiger partial charge is 0.338 e. The third-order valence-corrected chi connectivity index (χ3v) is 4.59. The van der Waals surface area contributed by atoms with Crippen LogP contribution < -0.4 is 5.73 Å². The average molecular weight is 280 g/mol. The van der Waals surface area contributed by atoms with Crippen molar-refractivity contribution in [3.63, 3.8) is 0 Å². The molecule has 1 aromatic rings. The highest BCUT2D eigenvalue weighted by Crippen LogP contribution is 2.37. The molecule has 2 N–H and O–H groups in total. The molecule has 2 aliphatic rings. The topological polar surface area (TPSA) is 46.3 Å². The molecule has 3 rings (SSSR count). The van der Waals surface area contributed by atoms with Crippen molar-refractivity contribution in [3.8, 4) is 0 Å². The van der Waals surface area contributed by atoms with Gasteiger partial charge in [0.05, 0.1) is 0 Å². The van der Waals surface area contributed by atoms with Gasteiger partial charge in [-0.3, -0.25) is 4.79 Å². The van der Waals surface area contributed by atoms with E-state index in [0.717, 1.165) is 12.8 Å². The molecule has 3 nitrogen and oxygen atoms in total. The van der Waals surface area contributed by atoms with Crippen molar-refractivity contribution in [2.45, 2.75) is 25.3 Å². The van der Waals surface area contributed by atoms with Crippen LogP contribution in [0.3, 0.4) is 0 Å². The van der Waals surface area contributed by atoms with Crippen molar-refractivity contribution in [1.82, 2.24) is 4.90 Å². The van der Waals surface area contributed by atoms with Gasteiger partial charge in [0.25, 0.3) is 12.3 Å². The number of hydrogen-bond donors (Lipinski definition) is 1. The number of rotatable bonds is 2. The van der Waals surface area contributed by atoms with E-state index in [9.17, 15) is 13.6 Å². The fraction of sp³-hybridized carbons (Fsp3) is 0.533. The van der Waals surface area contributed by atoms with Crippen LogP contribution in [0.15, 0.2) is 24.3 Å². The Morgan fingerprint density at radius 2 is 2.10 bits per heavy atom. The molecule has 1 heterocycles. The molecule has 0 spiro atoms. The molecular weight excluding hydrogens is 262 g/mol. The number of carbonyl (C=O) groups is 1. The lowest BCUT2D eigenvalue weighted by Gasteiger charge is -2.19. The summed E-state index contributed by atoms with van der Waals surface area (Å²) >= 11 is 0. The maximum Gasteiger partial charge on any atom is 0.263 e. The van der Waals surface area contributed by atoms with E-state index in [1.807, 2.05) is 0 Å². The fourth-order valence-electron chi connectivity index (χ4n) is 3.46. The first kappa shape index (κ1) is 13.5. The number of benzene rings is 1. The zero-order chi connectivity index (χ0) is 14.3. The Kier molecular flexibility index (Phi) is 3.46. The molecule has 108 valence electrons. The van der Waals surface area contributed by atoms with E-state index < -0.39 is 6.43 Å². The molecule has 3 unspecified atom stereocenters. The summed E-state index contributed by atoms with van der Waals surface area (Å²) in [7, 11) is 0. The number of alkyl halides is 2. The van der Waals surface area contributed by atoms with E-state index in [1.54, 1.807) is 11.0 Å². The summed E-state index contributed by atoms with van der Waals surface area (Å²) < 4.78 is 25.4. The van der Waals surface area contributed by atoms with Gasteiger partial charge in [-0.1, -0.05) is 12.1 Å². The van der Waals surface area contributed by atoms with E-state index in [4.69, 9.17) is 5.73 Å². The van der Waals surface area contributed by atoms with Gasteiger partial charge in [-0.15, -0.1) is 0 Å². The molecule has 20 heavy (non-hydrogen) atoms. The van der Waals surface area contributed by atoms with Crippen LogP contribution in [0.5, 0.6) is 0 Å². The maximum absolute atomic E-state index is 12.7. The third kappa shape index (κ3) is 2.30. The van der Waals surface area contributed by atoms with E-state index in [2.05, 4.69) is 0 Å². The lowest BCUT2D eigenvalue weighted by Crippen LogP contribution is -2.33. The van der Waals surface area contributed by atoms with E-state index in [-0.39, 0.29) is 17.5 Å². The van der Waals surface area contributed by atoms with Crippen molar-refractivity contribution in [1.29, 1.82) is 0 Å². The van der Waals surface area contributed by atoms with Gasteiger partial charge in [-0.2, -0.15) is 0 Å². The summed E-state index contributed by atoms with van der Waals surface area (Å²) in [6, 6.07) is 5.92. The van der Waals surface area contributed by atoms with Crippen LogP contribution >= 0.6 is 0 Å². The first-order valence-corrected chi connectivity index (χ1v) is 6.99. The monoisotopic (exact) mass is 280 g/mol. The molecule has 1 saturated heterocycles. The number of carbonyl (C=O) groups excluding carboxylic acids is 1. The first-order chi connectivity index (χ1) is 9.56. The van der Waals surface area contributed by atoms with Crippen molar-refractivity contribution in [2.75, 3.05) is 13.1 Å². The van der Waals surface area contributed by atoms with Crippen LogP contribution in [0.4, 0.5) is 8.78 Å². The van der Waals surface area contributed by atoms with Gasteiger partial charge in [0.15, 0.2) is 0 Å². The van der Waals surface area contributed by atoms with E-state index in [0.29, 0.717) is 30.5 Å². The molecule has 0 bridgehead atoms. The lowest BCUT2D eigenvalue weighted by atomic mass is 9.98.